The fraction of sp³-hybridized carbons (Fsp3) is 0.600. The zero-order chi connectivity index (χ0) is 12.3. The maximum atomic E-state index is 10.0. The number of aliphatic hydroxyl groups is 1. The van der Waals surface area contributed by atoms with Gasteiger partial charge in [0.15, 0.2) is 0 Å². The van der Waals surface area contributed by atoms with Gasteiger partial charge < -0.3 is 10.4 Å². The van der Waals surface area contributed by atoms with E-state index in [0.717, 1.165) is 19.3 Å². The van der Waals surface area contributed by atoms with E-state index in [9.17, 15) is 5.11 Å². The highest BCUT2D eigenvalue weighted by molar-refractivity contribution is 5.22. The molecule has 0 bridgehead atoms. The zero-order valence-corrected chi connectivity index (χ0v) is 10.8. The van der Waals surface area contributed by atoms with Crippen molar-refractivity contribution in [3.63, 3.8) is 0 Å². The van der Waals surface area contributed by atoms with Crippen LogP contribution in [0.25, 0.3) is 0 Å². The fourth-order valence-corrected chi connectivity index (χ4v) is 2.68. The number of hydrogen-bond acceptors (Lipinski definition) is 2. The van der Waals surface area contributed by atoms with Gasteiger partial charge in [-0.2, -0.15) is 0 Å². The standard InChI is InChI=1S/C15H23NO/c1-15(2,12-8-4-3-5-9-12)16-13-10-6-7-11-14(13)17/h3-5,8-9,13-14,16-17H,6-7,10-11H2,1-2H3. The topological polar surface area (TPSA) is 32.3 Å². The smallest absolute Gasteiger partial charge is 0.0693 e. The highest BCUT2D eigenvalue weighted by atomic mass is 16.3. The number of rotatable bonds is 3. The van der Waals surface area contributed by atoms with E-state index in [-0.39, 0.29) is 17.7 Å². The summed E-state index contributed by atoms with van der Waals surface area (Å²) in [7, 11) is 0. The Hall–Kier alpha value is -0.860. The van der Waals surface area contributed by atoms with Crippen molar-refractivity contribution in [3.8, 4) is 0 Å². The number of benzene rings is 1. The quantitative estimate of drug-likeness (QED) is 0.841. The average molecular weight is 233 g/mol. The van der Waals surface area contributed by atoms with Crippen LogP contribution in [0.3, 0.4) is 0 Å². The molecule has 1 aliphatic rings. The van der Waals surface area contributed by atoms with Crippen LogP contribution in [0.2, 0.25) is 0 Å². The van der Waals surface area contributed by atoms with Gasteiger partial charge in [-0.25, -0.2) is 0 Å². The number of aliphatic hydroxyl groups excluding tert-OH is 1. The van der Waals surface area contributed by atoms with Crippen LogP contribution < -0.4 is 5.32 Å². The zero-order valence-electron chi connectivity index (χ0n) is 10.8. The number of nitrogens with one attached hydrogen (secondary N) is 1. The van der Waals surface area contributed by atoms with Gasteiger partial charge in [0.2, 0.25) is 0 Å². The van der Waals surface area contributed by atoms with Gasteiger partial charge in [-0.15, -0.1) is 0 Å². The molecule has 2 unspecified atom stereocenters. The van der Waals surface area contributed by atoms with Gasteiger partial charge in [-0.1, -0.05) is 43.2 Å². The molecule has 0 aromatic heterocycles. The summed E-state index contributed by atoms with van der Waals surface area (Å²) in [5.74, 6) is 0. The van der Waals surface area contributed by atoms with Crippen LogP contribution in [-0.2, 0) is 5.54 Å². The van der Waals surface area contributed by atoms with E-state index < -0.39 is 0 Å². The van der Waals surface area contributed by atoms with E-state index in [2.05, 4.69) is 43.4 Å². The summed E-state index contributed by atoms with van der Waals surface area (Å²) >= 11 is 0. The van der Waals surface area contributed by atoms with Crippen LogP contribution >= 0.6 is 0 Å². The van der Waals surface area contributed by atoms with E-state index >= 15 is 0 Å². The molecule has 0 radical (unpaired) electrons. The maximum Gasteiger partial charge on any atom is 0.0693 e. The minimum absolute atomic E-state index is 0.0791. The molecule has 0 amide bonds. The SMILES string of the molecule is CC(C)(NC1CCCCC1O)c1ccccc1. The van der Waals surface area contributed by atoms with Crippen molar-refractivity contribution in [3.05, 3.63) is 35.9 Å². The lowest BCUT2D eigenvalue weighted by molar-refractivity contribution is 0.0755. The first kappa shape index (κ1) is 12.6. The molecule has 1 saturated carbocycles. The second-order valence-electron chi connectivity index (χ2n) is 5.59. The predicted octanol–water partition coefficient (Wildman–Crippen LogP) is 2.81. The third-order valence-corrected chi connectivity index (χ3v) is 3.77. The molecule has 1 aromatic carbocycles. The van der Waals surface area contributed by atoms with Crippen LogP contribution in [0, 0.1) is 0 Å². The van der Waals surface area contributed by atoms with E-state index in [1.165, 1.54) is 12.0 Å². The van der Waals surface area contributed by atoms with Gasteiger partial charge in [-0.3, -0.25) is 0 Å². The molecular weight excluding hydrogens is 210 g/mol. The molecule has 2 nitrogen and oxygen atoms in total. The first-order chi connectivity index (χ1) is 8.09. The Kier molecular flexibility index (Phi) is 3.85. The highest BCUT2D eigenvalue weighted by Crippen LogP contribution is 2.25. The molecule has 2 heteroatoms. The molecule has 0 aliphatic heterocycles. The fourth-order valence-electron chi connectivity index (χ4n) is 2.68. The van der Waals surface area contributed by atoms with Crippen LogP contribution in [-0.4, -0.2) is 17.3 Å². The van der Waals surface area contributed by atoms with Crippen LogP contribution in [0.5, 0.6) is 0 Å². The highest BCUT2D eigenvalue weighted by Gasteiger charge is 2.29. The molecule has 1 fully saturated rings. The second-order valence-corrected chi connectivity index (χ2v) is 5.59. The van der Waals surface area contributed by atoms with Gasteiger partial charge in [0.05, 0.1) is 6.10 Å². The lowest BCUT2D eigenvalue weighted by Crippen LogP contribution is -2.50. The summed E-state index contributed by atoms with van der Waals surface area (Å²) in [6.07, 6.45) is 4.21. The van der Waals surface area contributed by atoms with Gasteiger partial charge >= 0.3 is 0 Å². The lowest BCUT2D eigenvalue weighted by Gasteiger charge is -2.37. The van der Waals surface area contributed by atoms with E-state index in [0.29, 0.717) is 0 Å². The normalized spacial score (nSPS) is 25.8. The molecule has 0 heterocycles. The van der Waals surface area contributed by atoms with Crippen molar-refractivity contribution >= 4 is 0 Å². The van der Waals surface area contributed by atoms with Gasteiger partial charge in [0.25, 0.3) is 0 Å². The average Bonchev–Trinajstić information content (AvgIpc) is 2.33. The van der Waals surface area contributed by atoms with Gasteiger partial charge in [0.1, 0.15) is 0 Å². The summed E-state index contributed by atoms with van der Waals surface area (Å²) in [4.78, 5) is 0. The molecule has 1 aliphatic carbocycles. The lowest BCUT2D eigenvalue weighted by atomic mass is 9.87. The Morgan fingerprint density at radius 2 is 1.76 bits per heavy atom. The monoisotopic (exact) mass is 233 g/mol. The van der Waals surface area contributed by atoms with Crippen molar-refractivity contribution in [2.45, 2.75) is 57.2 Å². The van der Waals surface area contributed by atoms with Gasteiger partial charge in [0, 0.05) is 11.6 Å². The molecule has 2 atom stereocenters. The summed E-state index contributed by atoms with van der Waals surface area (Å²) in [6, 6.07) is 10.7. The Morgan fingerprint density at radius 3 is 2.41 bits per heavy atom. The summed E-state index contributed by atoms with van der Waals surface area (Å²) in [5, 5.41) is 13.6. The Bertz CT molecular complexity index is 347. The summed E-state index contributed by atoms with van der Waals surface area (Å²) < 4.78 is 0. The maximum absolute atomic E-state index is 10.0. The molecule has 0 saturated heterocycles. The molecule has 17 heavy (non-hydrogen) atoms. The minimum atomic E-state index is -0.188. The van der Waals surface area contributed by atoms with Crippen LogP contribution in [0.15, 0.2) is 30.3 Å². The largest absolute Gasteiger partial charge is 0.392 e. The first-order valence-corrected chi connectivity index (χ1v) is 6.61. The molecule has 0 spiro atoms. The summed E-state index contributed by atoms with van der Waals surface area (Å²) in [6.45, 7) is 4.37. The van der Waals surface area contributed by atoms with E-state index in [4.69, 9.17) is 0 Å². The van der Waals surface area contributed by atoms with Gasteiger partial charge in [-0.05, 0) is 32.3 Å². The number of hydrogen-bond donors (Lipinski definition) is 2. The first-order valence-electron chi connectivity index (χ1n) is 6.61. The Labute approximate surface area is 104 Å². The molecule has 1 aromatic rings. The molecule has 94 valence electrons. The van der Waals surface area contributed by atoms with E-state index in [1.54, 1.807) is 0 Å². The van der Waals surface area contributed by atoms with Crippen molar-refractivity contribution in [1.29, 1.82) is 0 Å². The van der Waals surface area contributed by atoms with Crippen LogP contribution in [0.4, 0.5) is 0 Å². The summed E-state index contributed by atoms with van der Waals surface area (Å²) in [5.41, 5.74) is 1.20. The van der Waals surface area contributed by atoms with E-state index in [1.807, 2.05) is 6.07 Å². The Balaban J connectivity index is 2.06. The third kappa shape index (κ3) is 3.08. The van der Waals surface area contributed by atoms with Crippen LogP contribution in [0.1, 0.15) is 45.1 Å². The molecule has 2 rings (SSSR count). The predicted molar refractivity (Wildman–Crippen MR) is 70.9 cm³/mol. The molecular formula is C15H23NO. The minimum Gasteiger partial charge on any atom is -0.392 e. The van der Waals surface area contributed by atoms with Crippen molar-refractivity contribution in [2.24, 2.45) is 0 Å². The van der Waals surface area contributed by atoms with Crippen molar-refractivity contribution in [2.75, 3.05) is 0 Å². The third-order valence-electron chi connectivity index (χ3n) is 3.77. The van der Waals surface area contributed by atoms with Crippen molar-refractivity contribution < 1.29 is 5.11 Å². The second kappa shape index (κ2) is 5.19. The van der Waals surface area contributed by atoms with Crippen molar-refractivity contribution in [1.82, 2.24) is 5.32 Å². The Morgan fingerprint density at radius 1 is 1.12 bits per heavy atom. The molecule has 2 N–H and O–H groups in total.